The smallest absolute Gasteiger partial charge is 0.142 e. The lowest BCUT2D eigenvalue weighted by atomic mass is 10.2. The molecule has 0 unspecified atom stereocenters. The second-order valence-electron chi connectivity index (χ2n) is 3.63. The molecule has 0 fully saturated rings. The number of nitrogens with zero attached hydrogens (tertiary/aromatic N) is 4. The zero-order valence-corrected chi connectivity index (χ0v) is 9.61. The Hall–Kier alpha value is -1.19. The topological polar surface area (TPSA) is 41.9 Å². The average Bonchev–Trinajstić information content (AvgIpc) is 2.30. The molecule has 1 rings (SSSR count). The van der Waals surface area contributed by atoms with Crippen molar-refractivity contribution in [2.75, 3.05) is 18.0 Å². The van der Waals surface area contributed by atoms with Crippen LogP contribution in [0.3, 0.4) is 0 Å². The molecule has 0 bridgehead atoms. The molecule has 1 radical (unpaired) electrons. The lowest BCUT2D eigenvalue weighted by Crippen LogP contribution is -2.26. The fraction of sp³-hybridized carbons (Fsp3) is 0.727. The Kier molecular flexibility index (Phi) is 5.66. The Balaban J connectivity index is 2.55. The predicted molar refractivity (Wildman–Crippen MR) is 60.7 cm³/mol. The first-order chi connectivity index (χ1) is 7.38. The number of anilines is 1. The van der Waals surface area contributed by atoms with Crippen LogP contribution >= 0.6 is 0 Å². The number of aromatic nitrogens is 3. The normalized spacial score (nSPS) is 10.3. The number of unbranched alkanes of at least 4 members (excludes halogenated alkanes) is 2. The summed E-state index contributed by atoms with van der Waals surface area (Å²) < 4.78 is 0. The van der Waals surface area contributed by atoms with Crippen molar-refractivity contribution in [1.82, 2.24) is 15.4 Å². The Labute approximate surface area is 91.7 Å². The van der Waals surface area contributed by atoms with Crippen molar-refractivity contribution < 1.29 is 0 Å². The third kappa shape index (κ3) is 4.23. The van der Waals surface area contributed by atoms with E-state index in [1.807, 2.05) is 0 Å². The van der Waals surface area contributed by atoms with Crippen LogP contribution in [0.5, 0.6) is 0 Å². The molecule has 0 aromatic carbocycles. The van der Waals surface area contributed by atoms with Gasteiger partial charge in [-0.25, -0.2) is 0 Å². The molecular formula is C11H19N4. The van der Waals surface area contributed by atoms with Gasteiger partial charge in [0.1, 0.15) is 6.20 Å². The van der Waals surface area contributed by atoms with Crippen LogP contribution in [0.1, 0.15) is 39.5 Å². The van der Waals surface area contributed by atoms with Crippen LogP contribution in [-0.4, -0.2) is 28.5 Å². The highest BCUT2D eigenvalue weighted by atomic mass is 15.3. The third-order valence-corrected chi connectivity index (χ3v) is 2.34. The van der Waals surface area contributed by atoms with E-state index in [1.54, 1.807) is 6.20 Å². The summed E-state index contributed by atoms with van der Waals surface area (Å²) in [7, 11) is 0. The highest BCUT2D eigenvalue weighted by Crippen LogP contribution is 2.11. The Morgan fingerprint density at radius 2 is 1.87 bits per heavy atom. The minimum Gasteiger partial charge on any atom is -0.368 e. The zero-order valence-electron chi connectivity index (χ0n) is 9.61. The van der Waals surface area contributed by atoms with Crippen LogP contribution < -0.4 is 4.90 Å². The summed E-state index contributed by atoms with van der Waals surface area (Å²) >= 11 is 0. The van der Waals surface area contributed by atoms with Crippen LogP contribution in [0.15, 0.2) is 6.20 Å². The van der Waals surface area contributed by atoms with Crippen molar-refractivity contribution in [1.29, 1.82) is 0 Å². The fourth-order valence-corrected chi connectivity index (χ4v) is 1.41. The van der Waals surface area contributed by atoms with Crippen molar-refractivity contribution in [2.45, 2.75) is 39.5 Å². The van der Waals surface area contributed by atoms with Gasteiger partial charge in [0.2, 0.25) is 0 Å². The Morgan fingerprint density at radius 3 is 2.33 bits per heavy atom. The van der Waals surface area contributed by atoms with Gasteiger partial charge in [-0.3, -0.25) is 0 Å². The van der Waals surface area contributed by atoms with Crippen molar-refractivity contribution in [3.05, 3.63) is 12.4 Å². The minimum atomic E-state index is 0.965. The van der Waals surface area contributed by atoms with Crippen molar-refractivity contribution in [3.63, 3.8) is 0 Å². The fourth-order valence-electron chi connectivity index (χ4n) is 1.41. The lowest BCUT2D eigenvalue weighted by Gasteiger charge is -2.22. The molecular weight excluding hydrogens is 188 g/mol. The molecule has 0 N–H and O–H groups in total. The molecule has 0 aliphatic carbocycles. The van der Waals surface area contributed by atoms with Gasteiger partial charge in [-0.15, -0.1) is 10.2 Å². The van der Waals surface area contributed by atoms with Gasteiger partial charge in [0, 0.05) is 13.1 Å². The third-order valence-electron chi connectivity index (χ3n) is 2.34. The molecule has 83 valence electrons. The summed E-state index contributed by atoms with van der Waals surface area (Å²) in [5.41, 5.74) is 0.965. The van der Waals surface area contributed by atoms with Gasteiger partial charge in [0.15, 0.2) is 0 Å². The quantitative estimate of drug-likeness (QED) is 0.686. The molecule has 4 heteroatoms. The summed E-state index contributed by atoms with van der Waals surface area (Å²) in [4.78, 5) is 2.29. The van der Waals surface area contributed by atoms with E-state index >= 15 is 0 Å². The SMILES string of the molecule is CCCCN(CCCC)c1[c]nnnc1. The molecule has 0 aliphatic heterocycles. The molecule has 1 heterocycles. The average molecular weight is 207 g/mol. The molecule has 1 aromatic heterocycles. The van der Waals surface area contributed by atoms with Gasteiger partial charge in [0.05, 0.1) is 11.9 Å². The number of hydrogen-bond donors (Lipinski definition) is 0. The van der Waals surface area contributed by atoms with Crippen molar-refractivity contribution in [3.8, 4) is 0 Å². The molecule has 0 amide bonds. The molecule has 0 atom stereocenters. The summed E-state index contributed by atoms with van der Waals surface area (Å²) in [5.74, 6) is 0. The number of hydrogen-bond acceptors (Lipinski definition) is 4. The highest BCUT2D eigenvalue weighted by Gasteiger charge is 2.06. The van der Waals surface area contributed by atoms with E-state index in [9.17, 15) is 0 Å². The molecule has 0 saturated carbocycles. The molecule has 0 spiro atoms. The Bertz CT molecular complexity index is 242. The van der Waals surface area contributed by atoms with Crippen LogP contribution in [0, 0.1) is 6.20 Å². The first kappa shape index (κ1) is 11.9. The summed E-state index contributed by atoms with van der Waals surface area (Å²) in [6.07, 6.45) is 9.42. The van der Waals surface area contributed by atoms with E-state index < -0.39 is 0 Å². The largest absolute Gasteiger partial charge is 0.368 e. The van der Waals surface area contributed by atoms with Crippen LogP contribution in [0.25, 0.3) is 0 Å². The molecule has 0 aliphatic rings. The number of rotatable bonds is 7. The summed E-state index contributed by atoms with van der Waals surface area (Å²) in [5, 5.41) is 11.0. The minimum absolute atomic E-state index is 0.965. The van der Waals surface area contributed by atoms with Gasteiger partial charge >= 0.3 is 0 Å². The van der Waals surface area contributed by atoms with Crippen molar-refractivity contribution >= 4 is 5.69 Å². The maximum absolute atomic E-state index is 3.79. The first-order valence-electron chi connectivity index (χ1n) is 5.69. The van der Waals surface area contributed by atoms with E-state index in [1.165, 1.54) is 25.7 Å². The van der Waals surface area contributed by atoms with Crippen LogP contribution in [0.4, 0.5) is 5.69 Å². The zero-order chi connectivity index (χ0) is 10.9. The second kappa shape index (κ2) is 7.15. The molecule has 1 aromatic rings. The van der Waals surface area contributed by atoms with E-state index in [2.05, 4.69) is 40.4 Å². The van der Waals surface area contributed by atoms with E-state index in [0.29, 0.717) is 0 Å². The summed E-state index contributed by atoms with van der Waals surface area (Å²) in [6, 6.07) is 0. The maximum atomic E-state index is 3.79. The van der Waals surface area contributed by atoms with Gasteiger partial charge < -0.3 is 4.90 Å². The van der Waals surface area contributed by atoms with Gasteiger partial charge in [-0.2, -0.15) is 0 Å². The maximum Gasteiger partial charge on any atom is 0.142 e. The Morgan fingerprint density at radius 1 is 1.20 bits per heavy atom. The predicted octanol–water partition coefficient (Wildman–Crippen LogP) is 2.08. The van der Waals surface area contributed by atoms with Gasteiger partial charge in [0.25, 0.3) is 0 Å². The lowest BCUT2D eigenvalue weighted by molar-refractivity contribution is 0.671. The van der Waals surface area contributed by atoms with Gasteiger partial charge in [-0.05, 0) is 18.1 Å². The summed E-state index contributed by atoms with van der Waals surface area (Å²) in [6.45, 7) is 6.51. The first-order valence-corrected chi connectivity index (χ1v) is 5.69. The second-order valence-corrected chi connectivity index (χ2v) is 3.63. The highest BCUT2D eigenvalue weighted by molar-refractivity contribution is 5.39. The van der Waals surface area contributed by atoms with Gasteiger partial charge in [-0.1, -0.05) is 26.7 Å². The molecule has 4 nitrogen and oxygen atoms in total. The van der Waals surface area contributed by atoms with E-state index in [0.717, 1.165) is 18.8 Å². The molecule has 15 heavy (non-hydrogen) atoms. The van der Waals surface area contributed by atoms with E-state index in [-0.39, 0.29) is 0 Å². The molecule has 0 saturated heterocycles. The van der Waals surface area contributed by atoms with E-state index in [4.69, 9.17) is 0 Å². The van der Waals surface area contributed by atoms with Crippen molar-refractivity contribution in [2.24, 2.45) is 0 Å². The van der Waals surface area contributed by atoms with Crippen LogP contribution in [0.2, 0.25) is 0 Å². The standard InChI is InChI=1S/C11H19N4/c1-3-5-7-15(8-6-4-2)11-9-12-14-13-10-11/h9H,3-8H2,1-2H3. The van der Waals surface area contributed by atoms with Crippen LogP contribution in [-0.2, 0) is 0 Å². The monoisotopic (exact) mass is 207 g/mol.